The fourth-order valence-electron chi connectivity index (χ4n) is 7.77. The van der Waals surface area contributed by atoms with Gasteiger partial charge >= 0.3 is 29.6 Å². The molecule has 1 aliphatic rings. The molecule has 1 saturated heterocycles. The number of morpholine rings is 1. The summed E-state index contributed by atoms with van der Waals surface area (Å²) in [6, 6.07) is 0. The van der Waals surface area contributed by atoms with Gasteiger partial charge in [-0.05, 0) is 71.1 Å². The van der Waals surface area contributed by atoms with E-state index in [-0.39, 0.29) is 45.5 Å². The van der Waals surface area contributed by atoms with Gasteiger partial charge in [-0.1, -0.05) is 141 Å². The third-order valence-corrected chi connectivity index (χ3v) is 11.9. The van der Waals surface area contributed by atoms with Crippen molar-refractivity contribution in [1.29, 1.82) is 0 Å². The maximum Gasteiger partial charge on any atom is 0.330 e. The Bertz CT molecular complexity index is 1600. The van der Waals surface area contributed by atoms with Crippen LogP contribution in [-0.2, 0) is 42.9 Å². The van der Waals surface area contributed by atoms with Crippen molar-refractivity contribution in [1.82, 2.24) is 14.9 Å². The third-order valence-electron chi connectivity index (χ3n) is 11.9. The van der Waals surface area contributed by atoms with Crippen molar-refractivity contribution in [3.8, 4) is 0 Å². The molecule has 0 aromatic carbocycles. The molecule has 0 bridgehead atoms. The average Bonchev–Trinajstić information content (AvgIpc) is 3.32. The second-order valence-electron chi connectivity index (χ2n) is 18.2. The maximum atomic E-state index is 12.9. The summed E-state index contributed by atoms with van der Waals surface area (Å²) in [6.07, 6.45) is 38.2. The number of aromatic amines is 1. The minimum absolute atomic E-state index is 0.129. The Morgan fingerprint density at radius 2 is 1.03 bits per heavy atom. The van der Waals surface area contributed by atoms with Crippen LogP contribution in [0.2, 0.25) is 0 Å². The first-order valence-electron chi connectivity index (χ1n) is 26.3. The molecular formula is C53H89N3O11. The molecule has 1 aromatic heterocycles. The van der Waals surface area contributed by atoms with Crippen LogP contribution < -0.4 is 16.6 Å². The van der Waals surface area contributed by atoms with Gasteiger partial charge in [0.25, 0.3) is 5.56 Å². The molecule has 2 rings (SSSR count). The van der Waals surface area contributed by atoms with E-state index in [1.54, 1.807) is 6.92 Å². The summed E-state index contributed by atoms with van der Waals surface area (Å²) in [6.45, 7) is 6.06. The average molecular weight is 944 g/mol. The van der Waals surface area contributed by atoms with Crippen molar-refractivity contribution in [3.63, 3.8) is 0 Å². The molecule has 0 aliphatic carbocycles. The largest absolute Gasteiger partial charge is 0.463 e. The van der Waals surface area contributed by atoms with Crippen molar-refractivity contribution in [3.05, 3.63) is 56.9 Å². The molecule has 14 heteroatoms. The molecule has 1 aliphatic heterocycles. The smallest absolute Gasteiger partial charge is 0.330 e. The van der Waals surface area contributed by atoms with Crippen LogP contribution in [0.5, 0.6) is 0 Å². The molecule has 14 nitrogen and oxygen atoms in total. The lowest BCUT2D eigenvalue weighted by atomic mass is 10.1. The van der Waals surface area contributed by atoms with Gasteiger partial charge in [0.2, 0.25) is 0 Å². The van der Waals surface area contributed by atoms with Crippen molar-refractivity contribution in [2.24, 2.45) is 0 Å². The van der Waals surface area contributed by atoms with Crippen LogP contribution in [0, 0.1) is 6.92 Å². The van der Waals surface area contributed by atoms with Crippen molar-refractivity contribution < 1.29 is 42.9 Å². The summed E-state index contributed by atoms with van der Waals surface area (Å²) in [5.41, 5.74) is -0.738. The second-order valence-corrected chi connectivity index (χ2v) is 18.2. The van der Waals surface area contributed by atoms with Crippen molar-refractivity contribution >= 4 is 23.9 Å². The van der Waals surface area contributed by atoms with Crippen molar-refractivity contribution in [2.45, 2.75) is 232 Å². The zero-order valence-electron chi connectivity index (χ0n) is 41.8. The van der Waals surface area contributed by atoms with Gasteiger partial charge in [0.05, 0.1) is 12.8 Å². The van der Waals surface area contributed by atoms with Crippen LogP contribution in [0.15, 0.2) is 40.1 Å². The predicted molar refractivity (Wildman–Crippen MR) is 264 cm³/mol. The highest BCUT2D eigenvalue weighted by Gasteiger charge is 2.26. The lowest BCUT2D eigenvalue weighted by Crippen LogP contribution is -2.48. The molecule has 0 spiro atoms. The Balaban J connectivity index is 1.71. The highest BCUT2D eigenvalue weighted by molar-refractivity contribution is 5.77. The van der Waals surface area contributed by atoms with E-state index < -0.39 is 53.6 Å². The number of allylic oxidation sites excluding steroid dienone is 4. The molecule has 0 radical (unpaired) electrons. The minimum atomic E-state index is -1.03. The van der Waals surface area contributed by atoms with E-state index in [0.717, 1.165) is 77.0 Å². The number of carbonyl (C=O) groups is 4. The van der Waals surface area contributed by atoms with E-state index >= 15 is 0 Å². The Kier molecular flexibility index (Phi) is 35.2. The highest BCUT2D eigenvalue weighted by atomic mass is 16.6. The zero-order chi connectivity index (χ0) is 48.6. The van der Waals surface area contributed by atoms with Gasteiger partial charge < -0.3 is 29.0 Å². The molecule has 1 fully saturated rings. The Labute approximate surface area is 402 Å². The number of hydrogen-bond donors (Lipinski definition) is 2. The van der Waals surface area contributed by atoms with Gasteiger partial charge in [-0.25, -0.2) is 4.79 Å². The first-order valence-corrected chi connectivity index (χ1v) is 26.3. The Morgan fingerprint density at radius 3 is 1.52 bits per heavy atom. The van der Waals surface area contributed by atoms with Crippen LogP contribution in [0.4, 0.5) is 0 Å². The predicted octanol–water partition coefficient (Wildman–Crippen LogP) is 10.7. The van der Waals surface area contributed by atoms with Gasteiger partial charge in [-0.15, -0.1) is 0 Å². The quantitative estimate of drug-likeness (QED) is 0.0275. The standard InChI is InChI=1S/C53H89N3O11/c1-4-6-8-10-12-14-16-18-20-22-24-26-28-30-32-34-48(57)64-42-46(43-65-49(58)35-33-31-29-27-25-23-21-19-17-15-13-11-9-7-5-2)67-51(60)37-36-50(59)63-41-45-38-54-39-47(66-45)56-40-44(3)52(61)55-53(56)62/h18-21,40,45-47,54H,4-17,22-39,41-43H2,1-3H3,(H,55,61,62)/b20-18-,21-19?/t45-,46?,47+/m0/s1. The van der Waals surface area contributed by atoms with Crippen molar-refractivity contribution in [2.75, 3.05) is 32.9 Å². The topological polar surface area (TPSA) is 181 Å². The van der Waals surface area contributed by atoms with Gasteiger partial charge in [0.15, 0.2) is 12.3 Å². The lowest BCUT2D eigenvalue weighted by Gasteiger charge is -2.31. The van der Waals surface area contributed by atoms with Gasteiger partial charge in [-0.2, -0.15) is 0 Å². The molecule has 2 heterocycles. The number of nitrogens with zero attached hydrogens (tertiary/aromatic N) is 1. The number of rotatable bonds is 41. The van der Waals surface area contributed by atoms with Gasteiger partial charge in [-0.3, -0.25) is 33.5 Å². The van der Waals surface area contributed by atoms with E-state index in [0.29, 0.717) is 31.5 Å². The molecule has 3 atom stereocenters. The first-order chi connectivity index (χ1) is 32.6. The molecule has 1 aromatic rings. The summed E-state index contributed by atoms with van der Waals surface area (Å²) in [7, 11) is 0. The molecule has 0 amide bonds. The second kappa shape index (κ2) is 39.9. The number of unbranched alkanes of at least 4 members (excludes halogenated alkanes) is 22. The summed E-state index contributed by atoms with van der Waals surface area (Å²) in [5, 5.41) is 3.13. The number of esters is 4. The number of carbonyl (C=O) groups excluding carboxylic acids is 4. The summed E-state index contributed by atoms with van der Waals surface area (Å²) < 4.78 is 29.1. The van der Waals surface area contributed by atoms with Gasteiger partial charge in [0.1, 0.15) is 25.9 Å². The van der Waals surface area contributed by atoms with E-state index in [4.69, 9.17) is 23.7 Å². The number of hydrogen-bond acceptors (Lipinski definition) is 12. The Morgan fingerprint density at radius 1 is 0.597 bits per heavy atom. The van der Waals surface area contributed by atoms with Crippen LogP contribution in [0.1, 0.15) is 218 Å². The number of aromatic nitrogens is 2. The fourth-order valence-corrected chi connectivity index (χ4v) is 7.77. The fraction of sp³-hybridized carbons (Fsp3) is 0.774. The van der Waals surface area contributed by atoms with Gasteiger partial charge in [0, 0.05) is 37.7 Å². The Hall–Kier alpha value is -4.04. The van der Waals surface area contributed by atoms with Crippen LogP contribution in [-0.4, -0.2) is 78.5 Å². The molecule has 2 N–H and O–H groups in total. The normalized spacial score (nSPS) is 15.5. The number of ether oxygens (including phenoxy) is 5. The molecule has 67 heavy (non-hydrogen) atoms. The number of H-pyrrole nitrogens is 1. The molecule has 382 valence electrons. The van der Waals surface area contributed by atoms with E-state index in [2.05, 4.69) is 48.5 Å². The summed E-state index contributed by atoms with van der Waals surface area (Å²) >= 11 is 0. The number of aryl methyl sites for hydroxylation is 1. The van der Waals surface area contributed by atoms with E-state index in [9.17, 15) is 28.8 Å². The monoisotopic (exact) mass is 944 g/mol. The highest BCUT2D eigenvalue weighted by Crippen LogP contribution is 2.16. The molecular weight excluding hydrogens is 855 g/mol. The maximum absolute atomic E-state index is 12.9. The minimum Gasteiger partial charge on any atom is -0.463 e. The van der Waals surface area contributed by atoms with Crippen LogP contribution in [0.25, 0.3) is 0 Å². The lowest BCUT2D eigenvalue weighted by molar-refractivity contribution is -0.168. The van der Waals surface area contributed by atoms with E-state index in [1.165, 1.54) is 87.8 Å². The SMILES string of the molecule is CCCCCCCCC=CCCCCCCCC(=O)OCC(COC(=O)CCCCCCC/C=C\CCCCCCCC)OC(=O)CCC(=O)OC[C@@H]1CNC[C@H](n2cc(C)c(=O)[nH]c2=O)O1. The van der Waals surface area contributed by atoms with Crippen LogP contribution in [0.3, 0.4) is 0 Å². The van der Waals surface area contributed by atoms with Crippen LogP contribution >= 0.6 is 0 Å². The first kappa shape index (κ1) is 59.1. The van der Waals surface area contributed by atoms with E-state index in [1.807, 2.05) is 0 Å². The third kappa shape index (κ3) is 31.6. The summed E-state index contributed by atoms with van der Waals surface area (Å²) in [5.74, 6) is -2.21. The molecule has 1 unspecified atom stereocenters. The molecule has 0 saturated carbocycles. The zero-order valence-corrected chi connectivity index (χ0v) is 41.8. The summed E-state index contributed by atoms with van der Waals surface area (Å²) in [4.78, 5) is 77.2. The number of nitrogens with one attached hydrogen (secondary N) is 2.